The molecule has 0 bridgehead atoms. The fraction of sp³-hybridized carbons (Fsp3) is 0.679. The number of nitrogens with zero attached hydrogens (tertiary/aromatic N) is 2. The molecule has 34 heavy (non-hydrogen) atoms. The van der Waals surface area contributed by atoms with Gasteiger partial charge in [0.05, 0.1) is 0 Å². The summed E-state index contributed by atoms with van der Waals surface area (Å²) in [6.45, 7) is 0. The standard InChI is InChI=1S/C28H40ClN3O2/c1-32-26(34)28(31-27(32)30,15-14-20-8-3-2-4-9-20)19-22-11-7-10-21(16-22)17-24(33)18-23-12-5-6-13-25(23)29/h5-6,12-13,20-22H,2-4,7-11,14-19H2,1H3,(H2,30,31)/t21-,22+,28-/m1/s1. The van der Waals surface area contributed by atoms with Crippen molar-refractivity contribution in [2.24, 2.45) is 28.5 Å². The molecule has 1 aromatic rings. The fourth-order valence-electron chi connectivity index (χ4n) is 6.57. The Morgan fingerprint density at radius 3 is 2.50 bits per heavy atom. The molecule has 2 aliphatic carbocycles. The van der Waals surface area contributed by atoms with Crippen LogP contribution in [-0.4, -0.2) is 35.1 Å². The number of nitrogens with two attached hydrogens (primary N) is 1. The number of aliphatic imine (C=N–C) groups is 1. The zero-order valence-electron chi connectivity index (χ0n) is 20.6. The first kappa shape index (κ1) is 25.2. The van der Waals surface area contributed by atoms with E-state index in [2.05, 4.69) is 0 Å². The number of guanidine groups is 1. The van der Waals surface area contributed by atoms with Crippen molar-refractivity contribution in [3.63, 3.8) is 0 Å². The van der Waals surface area contributed by atoms with Gasteiger partial charge in [-0.15, -0.1) is 0 Å². The minimum atomic E-state index is -0.704. The van der Waals surface area contributed by atoms with Crippen LogP contribution in [-0.2, 0) is 16.0 Å². The number of amides is 1. The fourth-order valence-corrected chi connectivity index (χ4v) is 6.78. The van der Waals surface area contributed by atoms with E-state index >= 15 is 0 Å². The lowest BCUT2D eigenvalue weighted by Crippen LogP contribution is -2.44. The van der Waals surface area contributed by atoms with E-state index in [1.54, 1.807) is 11.9 Å². The molecule has 0 unspecified atom stereocenters. The van der Waals surface area contributed by atoms with Gasteiger partial charge in [-0.3, -0.25) is 14.5 Å². The van der Waals surface area contributed by atoms with Gasteiger partial charge in [-0.2, -0.15) is 0 Å². The monoisotopic (exact) mass is 485 g/mol. The van der Waals surface area contributed by atoms with Crippen LogP contribution in [0.4, 0.5) is 0 Å². The molecule has 3 atom stereocenters. The molecular formula is C28H40ClN3O2. The number of carbonyl (C=O) groups is 2. The van der Waals surface area contributed by atoms with Gasteiger partial charge in [0.25, 0.3) is 5.91 Å². The number of carbonyl (C=O) groups excluding carboxylic acids is 2. The van der Waals surface area contributed by atoms with Crippen molar-refractivity contribution >= 4 is 29.3 Å². The molecule has 0 spiro atoms. The van der Waals surface area contributed by atoms with E-state index < -0.39 is 5.54 Å². The smallest absolute Gasteiger partial charge is 0.257 e. The first-order valence-corrected chi connectivity index (χ1v) is 13.6. The molecule has 0 radical (unpaired) electrons. The SMILES string of the molecule is CN1C(=O)[C@@](CCC2CCCCC2)(C[C@H]2CCC[C@@H](CC(=O)Cc3ccccc3Cl)C2)N=C1N. The number of hydrogen-bond acceptors (Lipinski definition) is 4. The van der Waals surface area contributed by atoms with Crippen LogP contribution in [0, 0.1) is 17.8 Å². The van der Waals surface area contributed by atoms with Crippen LogP contribution in [0.25, 0.3) is 0 Å². The van der Waals surface area contributed by atoms with E-state index in [1.807, 2.05) is 24.3 Å². The largest absolute Gasteiger partial charge is 0.369 e. The molecule has 3 aliphatic rings. The third-order valence-corrected chi connectivity index (χ3v) is 8.81. The molecule has 4 rings (SSSR count). The van der Waals surface area contributed by atoms with Gasteiger partial charge >= 0.3 is 0 Å². The second-order valence-corrected chi connectivity index (χ2v) is 11.4. The van der Waals surface area contributed by atoms with Crippen molar-refractivity contribution in [3.8, 4) is 0 Å². The maximum absolute atomic E-state index is 13.3. The third-order valence-electron chi connectivity index (χ3n) is 8.45. The van der Waals surface area contributed by atoms with Crippen LogP contribution in [0.3, 0.4) is 0 Å². The lowest BCUT2D eigenvalue weighted by Gasteiger charge is -2.35. The van der Waals surface area contributed by atoms with Gasteiger partial charge in [-0.05, 0) is 55.1 Å². The summed E-state index contributed by atoms with van der Waals surface area (Å²) in [5.74, 6) is 2.17. The number of Topliss-reactive ketones (excluding diaryl/α,β-unsaturated/α-hetero) is 1. The molecule has 1 aromatic carbocycles. The topological polar surface area (TPSA) is 75.8 Å². The summed E-state index contributed by atoms with van der Waals surface area (Å²) in [7, 11) is 1.75. The van der Waals surface area contributed by atoms with E-state index in [9.17, 15) is 9.59 Å². The number of benzene rings is 1. The molecule has 186 valence electrons. The third kappa shape index (κ3) is 6.02. The predicted molar refractivity (Wildman–Crippen MR) is 138 cm³/mol. The van der Waals surface area contributed by atoms with Crippen LogP contribution in [0.15, 0.2) is 29.3 Å². The Bertz CT molecular complexity index is 911. The van der Waals surface area contributed by atoms with Gasteiger partial charge in [0.2, 0.25) is 0 Å². The molecule has 0 saturated heterocycles. The van der Waals surface area contributed by atoms with Crippen molar-refractivity contribution in [1.29, 1.82) is 0 Å². The van der Waals surface area contributed by atoms with E-state index in [4.69, 9.17) is 22.3 Å². The average molecular weight is 486 g/mol. The second kappa shape index (κ2) is 11.2. The number of hydrogen-bond donors (Lipinski definition) is 1. The minimum Gasteiger partial charge on any atom is -0.369 e. The first-order chi connectivity index (χ1) is 16.4. The highest BCUT2D eigenvalue weighted by atomic mass is 35.5. The lowest BCUT2D eigenvalue weighted by atomic mass is 9.71. The van der Waals surface area contributed by atoms with Crippen molar-refractivity contribution < 1.29 is 9.59 Å². The van der Waals surface area contributed by atoms with Crippen molar-refractivity contribution in [1.82, 2.24) is 4.90 Å². The zero-order chi connectivity index (χ0) is 24.1. The van der Waals surface area contributed by atoms with Gasteiger partial charge in [-0.25, -0.2) is 4.99 Å². The number of likely N-dealkylation sites (N-methyl/N-ethyl adjacent to an activating group) is 1. The Morgan fingerprint density at radius 1 is 1.09 bits per heavy atom. The molecule has 6 heteroatoms. The molecule has 1 amide bonds. The highest BCUT2D eigenvalue weighted by molar-refractivity contribution is 6.31. The van der Waals surface area contributed by atoms with Gasteiger partial charge in [-0.1, -0.05) is 81.2 Å². The summed E-state index contributed by atoms with van der Waals surface area (Å²) in [5, 5.41) is 0.664. The quantitative estimate of drug-likeness (QED) is 0.471. The minimum absolute atomic E-state index is 0.0673. The van der Waals surface area contributed by atoms with Crippen molar-refractivity contribution in [2.45, 2.75) is 95.4 Å². The molecule has 0 aromatic heterocycles. The number of rotatable bonds is 9. The van der Waals surface area contributed by atoms with Gasteiger partial charge < -0.3 is 5.73 Å². The Hall–Kier alpha value is -1.88. The normalized spacial score (nSPS) is 28.2. The Kier molecular flexibility index (Phi) is 8.34. The van der Waals surface area contributed by atoms with E-state index in [1.165, 1.54) is 32.1 Å². The number of ketones is 1. The molecular weight excluding hydrogens is 446 g/mol. The summed E-state index contributed by atoms with van der Waals surface area (Å²) >= 11 is 6.26. The molecule has 1 aliphatic heterocycles. The van der Waals surface area contributed by atoms with Crippen molar-refractivity contribution in [3.05, 3.63) is 34.9 Å². The molecule has 2 fully saturated rings. The average Bonchev–Trinajstić information content (AvgIpc) is 3.04. The summed E-state index contributed by atoms with van der Waals surface area (Å²) in [6, 6.07) is 7.60. The summed E-state index contributed by atoms with van der Waals surface area (Å²) in [4.78, 5) is 32.5. The molecule has 5 nitrogen and oxygen atoms in total. The molecule has 1 heterocycles. The number of halogens is 1. The van der Waals surface area contributed by atoms with E-state index in [0.717, 1.165) is 50.5 Å². The van der Waals surface area contributed by atoms with Crippen LogP contribution in [0.5, 0.6) is 0 Å². The second-order valence-electron chi connectivity index (χ2n) is 11.0. The Labute approximate surface area is 209 Å². The van der Waals surface area contributed by atoms with Gasteiger partial charge in [0.15, 0.2) is 5.96 Å². The van der Waals surface area contributed by atoms with Gasteiger partial charge in [0, 0.05) is 24.9 Å². The first-order valence-electron chi connectivity index (χ1n) is 13.2. The maximum Gasteiger partial charge on any atom is 0.257 e. The molecule has 2 N–H and O–H groups in total. The predicted octanol–water partition coefficient (Wildman–Crippen LogP) is 5.92. The lowest BCUT2D eigenvalue weighted by molar-refractivity contribution is -0.131. The van der Waals surface area contributed by atoms with Crippen molar-refractivity contribution in [2.75, 3.05) is 7.05 Å². The summed E-state index contributed by atoms with van der Waals surface area (Å²) < 4.78 is 0. The summed E-state index contributed by atoms with van der Waals surface area (Å²) in [5.41, 5.74) is 6.34. The van der Waals surface area contributed by atoms with Gasteiger partial charge in [0.1, 0.15) is 11.3 Å². The highest BCUT2D eigenvalue weighted by Crippen LogP contribution is 2.42. The molecule has 2 saturated carbocycles. The maximum atomic E-state index is 13.3. The van der Waals surface area contributed by atoms with Crippen LogP contribution in [0.1, 0.15) is 89.0 Å². The van der Waals surface area contributed by atoms with Crippen LogP contribution >= 0.6 is 11.6 Å². The van der Waals surface area contributed by atoms with Crippen LogP contribution < -0.4 is 5.73 Å². The van der Waals surface area contributed by atoms with E-state index in [0.29, 0.717) is 41.6 Å². The Balaban J connectivity index is 1.37. The summed E-state index contributed by atoms with van der Waals surface area (Å²) in [6.07, 6.45) is 14.4. The Morgan fingerprint density at radius 2 is 1.79 bits per heavy atom. The van der Waals surface area contributed by atoms with E-state index in [-0.39, 0.29) is 11.7 Å². The highest BCUT2D eigenvalue weighted by Gasteiger charge is 2.48. The zero-order valence-corrected chi connectivity index (χ0v) is 21.4. The van der Waals surface area contributed by atoms with Crippen LogP contribution in [0.2, 0.25) is 5.02 Å².